The maximum Gasteiger partial charge on any atom is 0.232 e. The molecule has 1 N–H and O–H groups in total. The van der Waals surface area contributed by atoms with Crippen molar-refractivity contribution in [1.29, 1.82) is 0 Å². The van der Waals surface area contributed by atoms with Gasteiger partial charge < -0.3 is 14.6 Å². The standard InChI is InChI=1S/C18H24N2O3/c1-3-20-15-6-4-5-10-18(15,11-9-16(20)21)17(22)19-12-14-8-7-13(2)23-14/h6-8H,3-5,9-12H2,1-2H3,(H,19,22). The number of amides is 2. The van der Waals surface area contributed by atoms with E-state index < -0.39 is 5.41 Å². The molecule has 5 heteroatoms. The summed E-state index contributed by atoms with van der Waals surface area (Å²) in [6, 6.07) is 3.78. The molecule has 2 heterocycles. The molecule has 0 bridgehead atoms. The molecule has 1 saturated heterocycles. The fourth-order valence-corrected chi connectivity index (χ4v) is 3.78. The number of hydrogen-bond acceptors (Lipinski definition) is 3. The SMILES string of the molecule is CCN1C(=O)CCC2(C(=O)NCc3ccc(C)o3)CCCC=C12. The van der Waals surface area contributed by atoms with E-state index >= 15 is 0 Å². The second-order valence-corrected chi connectivity index (χ2v) is 6.40. The predicted molar refractivity (Wildman–Crippen MR) is 86.3 cm³/mol. The first-order valence-electron chi connectivity index (χ1n) is 8.41. The lowest BCUT2D eigenvalue weighted by Crippen LogP contribution is -2.52. The second kappa shape index (κ2) is 6.22. The largest absolute Gasteiger partial charge is 0.465 e. The Morgan fingerprint density at radius 1 is 1.39 bits per heavy atom. The summed E-state index contributed by atoms with van der Waals surface area (Å²) in [4.78, 5) is 26.9. The zero-order chi connectivity index (χ0) is 16.4. The van der Waals surface area contributed by atoms with Crippen LogP contribution in [0.15, 0.2) is 28.3 Å². The average Bonchev–Trinajstić information content (AvgIpc) is 2.98. The quantitative estimate of drug-likeness (QED) is 0.929. The van der Waals surface area contributed by atoms with Crippen LogP contribution in [0.1, 0.15) is 50.5 Å². The predicted octanol–water partition coefficient (Wildman–Crippen LogP) is 2.90. The molecule has 0 radical (unpaired) electrons. The van der Waals surface area contributed by atoms with E-state index in [0.717, 1.165) is 36.5 Å². The highest BCUT2D eigenvalue weighted by Gasteiger charge is 2.49. The molecule has 1 fully saturated rings. The Morgan fingerprint density at radius 2 is 2.22 bits per heavy atom. The number of nitrogens with zero attached hydrogens (tertiary/aromatic N) is 1. The van der Waals surface area contributed by atoms with Crippen molar-refractivity contribution in [2.45, 2.75) is 52.5 Å². The van der Waals surface area contributed by atoms with Gasteiger partial charge in [0.05, 0.1) is 12.0 Å². The summed E-state index contributed by atoms with van der Waals surface area (Å²) in [6.45, 7) is 4.86. The monoisotopic (exact) mass is 316 g/mol. The Hall–Kier alpha value is -2.04. The Morgan fingerprint density at radius 3 is 2.91 bits per heavy atom. The van der Waals surface area contributed by atoms with Crippen molar-refractivity contribution in [3.63, 3.8) is 0 Å². The van der Waals surface area contributed by atoms with Crippen LogP contribution in [0.5, 0.6) is 0 Å². The molecule has 124 valence electrons. The number of furan rings is 1. The number of piperidine rings is 1. The van der Waals surface area contributed by atoms with Gasteiger partial charge in [-0.3, -0.25) is 9.59 Å². The van der Waals surface area contributed by atoms with E-state index in [4.69, 9.17) is 4.42 Å². The van der Waals surface area contributed by atoms with Gasteiger partial charge in [-0.05, 0) is 51.7 Å². The van der Waals surface area contributed by atoms with Crippen molar-refractivity contribution < 1.29 is 14.0 Å². The summed E-state index contributed by atoms with van der Waals surface area (Å²) in [5.74, 6) is 1.74. The van der Waals surface area contributed by atoms with Gasteiger partial charge in [0.15, 0.2) is 0 Å². The van der Waals surface area contributed by atoms with Gasteiger partial charge in [0, 0.05) is 18.7 Å². The van der Waals surface area contributed by atoms with Crippen molar-refractivity contribution >= 4 is 11.8 Å². The lowest BCUT2D eigenvalue weighted by Gasteiger charge is -2.45. The highest BCUT2D eigenvalue weighted by molar-refractivity contribution is 5.91. The van der Waals surface area contributed by atoms with Crippen LogP contribution in [0, 0.1) is 12.3 Å². The lowest BCUT2D eigenvalue weighted by molar-refractivity contribution is -0.140. The van der Waals surface area contributed by atoms with Gasteiger partial charge in [-0.1, -0.05) is 6.08 Å². The van der Waals surface area contributed by atoms with Crippen LogP contribution < -0.4 is 5.32 Å². The van der Waals surface area contributed by atoms with E-state index in [0.29, 0.717) is 25.9 Å². The van der Waals surface area contributed by atoms with Crippen molar-refractivity contribution in [2.24, 2.45) is 5.41 Å². The molecule has 2 aliphatic rings. The summed E-state index contributed by atoms with van der Waals surface area (Å²) in [5.41, 5.74) is 0.361. The summed E-state index contributed by atoms with van der Waals surface area (Å²) in [7, 11) is 0. The highest BCUT2D eigenvalue weighted by atomic mass is 16.3. The molecule has 5 nitrogen and oxygen atoms in total. The number of carbonyl (C=O) groups excluding carboxylic acids is 2. The van der Waals surface area contributed by atoms with Gasteiger partial charge in [-0.25, -0.2) is 0 Å². The van der Waals surface area contributed by atoms with Crippen LogP contribution in [0.4, 0.5) is 0 Å². The fourth-order valence-electron chi connectivity index (χ4n) is 3.78. The minimum Gasteiger partial charge on any atom is -0.465 e. The first kappa shape index (κ1) is 15.8. The third kappa shape index (κ3) is 2.80. The minimum absolute atomic E-state index is 0.0171. The number of nitrogens with one attached hydrogen (secondary N) is 1. The minimum atomic E-state index is -0.552. The molecule has 2 amide bonds. The Kier molecular flexibility index (Phi) is 4.28. The molecular weight excluding hydrogens is 292 g/mol. The Bertz CT molecular complexity index is 646. The second-order valence-electron chi connectivity index (χ2n) is 6.40. The van der Waals surface area contributed by atoms with E-state index in [1.165, 1.54) is 0 Å². The molecule has 1 unspecified atom stereocenters. The van der Waals surface area contributed by atoms with Crippen molar-refractivity contribution in [3.05, 3.63) is 35.4 Å². The van der Waals surface area contributed by atoms with Crippen LogP contribution in [-0.2, 0) is 16.1 Å². The van der Waals surface area contributed by atoms with E-state index in [2.05, 4.69) is 11.4 Å². The number of rotatable bonds is 4. The third-order valence-electron chi connectivity index (χ3n) is 4.96. The van der Waals surface area contributed by atoms with Crippen molar-refractivity contribution in [1.82, 2.24) is 10.2 Å². The van der Waals surface area contributed by atoms with Crippen molar-refractivity contribution in [2.75, 3.05) is 6.54 Å². The molecule has 0 saturated carbocycles. The Labute approximate surface area is 136 Å². The molecule has 1 aliphatic heterocycles. The fraction of sp³-hybridized carbons (Fsp3) is 0.556. The van der Waals surface area contributed by atoms with Gasteiger partial charge in [0.25, 0.3) is 0 Å². The zero-order valence-corrected chi connectivity index (χ0v) is 13.9. The van der Waals surface area contributed by atoms with Gasteiger partial charge in [-0.2, -0.15) is 0 Å². The summed E-state index contributed by atoms with van der Waals surface area (Å²) < 4.78 is 5.52. The van der Waals surface area contributed by atoms with Crippen LogP contribution in [0.2, 0.25) is 0 Å². The van der Waals surface area contributed by atoms with E-state index in [9.17, 15) is 9.59 Å². The summed E-state index contributed by atoms with van der Waals surface area (Å²) in [5, 5.41) is 3.02. The molecule has 1 aromatic heterocycles. The number of fused-ring (bicyclic) bond motifs is 1. The van der Waals surface area contributed by atoms with Gasteiger partial charge >= 0.3 is 0 Å². The smallest absolute Gasteiger partial charge is 0.232 e. The van der Waals surface area contributed by atoms with Crippen LogP contribution >= 0.6 is 0 Å². The Balaban J connectivity index is 1.80. The topological polar surface area (TPSA) is 62.6 Å². The number of likely N-dealkylation sites (tertiary alicyclic amines) is 1. The highest BCUT2D eigenvalue weighted by Crippen LogP contribution is 2.46. The van der Waals surface area contributed by atoms with Crippen LogP contribution in [0.3, 0.4) is 0 Å². The molecule has 3 rings (SSSR count). The van der Waals surface area contributed by atoms with E-state index in [-0.39, 0.29) is 11.8 Å². The van der Waals surface area contributed by atoms with Crippen LogP contribution in [-0.4, -0.2) is 23.3 Å². The van der Waals surface area contributed by atoms with Crippen LogP contribution in [0.25, 0.3) is 0 Å². The van der Waals surface area contributed by atoms with Gasteiger partial charge in [-0.15, -0.1) is 0 Å². The average molecular weight is 316 g/mol. The van der Waals surface area contributed by atoms with E-state index in [1.54, 1.807) is 4.90 Å². The summed E-state index contributed by atoms with van der Waals surface area (Å²) >= 11 is 0. The molecule has 1 atom stereocenters. The maximum atomic E-state index is 13.0. The van der Waals surface area contributed by atoms with Gasteiger partial charge in [0.2, 0.25) is 11.8 Å². The third-order valence-corrected chi connectivity index (χ3v) is 4.96. The summed E-state index contributed by atoms with van der Waals surface area (Å²) in [6.07, 6.45) is 5.87. The molecule has 23 heavy (non-hydrogen) atoms. The maximum absolute atomic E-state index is 13.0. The zero-order valence-electron chi connectivity index (χ0n) is 13.9. The number of carbonyl (C=O) groups is 2. The molecule has 0 aromatic carbocycles. The lowest BCUT2D eigenvalue weighted by atomic mass is 9.69. The normalized spacial score (nSPS) is 24.2. The first-order valence-corrected chi connectivity index (χ1v) is 8.41. The number of hydrogen-bond donors (Lipinski definition) is 1. The molecule has 0 spiro atoms. The number of allylic oxidation sites excluding steroid dienone is 1. The van der Waals surface area contributed by atoms with E-state index in [1.807, 2.05) is 26.0 Å². The van der Waals surface area contributed by atoms with Crippen molar-refractivity contribution in [3.8, 4) is 0 Å². The molecule has 1 aliphatic carbocycles. The van der Waals surface area contributed by atoms with Gasteiger partial charge in [0.1, 0.15) is 11.5 Å². The molecule has 1 aromatic rings. The first-order chi connectivity index (χ1) is 11.1. The number of aryl methyl sites for hydroxylation is 1. The molecular formula is C18H24N2O3.